The number of furan rings is 1. The van der Waals surface area contributed by atoms with Gasteiger partial charge in [-0.3, -0.25) is 14.7 Å². The lowest BCUT2D eigenvalue weighted by Crippen LogP contribution is -2.54. The fourth-order valence-corrected chi connectivity index (χ4v) is 4.73. The molecule has 4 heterocycles. The summed E-state index contributed by atoms with van der Waals surface area (Å²) >= 11 is 0. The van der Waals surface area contributed by atoms with Crippen molar-refractivity contribution in [2.45, 2.75) is 51.0 Å². The molecule has 8 heteroatoms. The van der Waals surface area contributed by atoms with Crippen molar-refractivity contribution in [1.82, 2.24) is 20.0 Å². The number of hydrogen-bond acceptors (Lipinski definition) is 5. The molecule has 1 amide bonds. The SMILES string of the molecule is O=C(CN1CCN(C(=NCC2CCCO2)NCCc2ccco2)CC1)N1CCCCCC1. The molecule has 0 aromatic carbocycles. The van der Waals surface area contributed by atoms with E-state index in [1.165, 1.54) is 12.8 Å². The molecule has 0 saturated carbocycles. The van der Waals surface area contributed by atoms with Gasteiger partial charge in [0.25, 0.3) is 0 Å². The Morgan fingerprint density at radius 3 is 2.53 bits per heavy atom. The molecule has 4 rings (SSSR count). The molecule has 3 aliphatic heterocycles. The standard InChI is InChI=1S/C24H39N5O3/c30-23(28-11-3-1-2-4-12-28)20-27-13-15-29(16-14-27)24(26-19-22-8-6-18-32-22)25-10-9-21-7-5-17-31-21/h5,7,17,22H,1-4,6,8-16,18-20H2,(H,25,26). The molecule has 1 aromatic rings. The zero-order valence-corrected chi connectivity index (χ0v) is 19.3. The second-order valence-electron chi connectivity index (χ2n) is 9.11. The zero-order chi connectivity index (χ0) is 22.0. The summed E-state index contributed by atoms with van der Waals surface area (Å²) in [5, 5.41) is 3.53. The first-order chi connectivity index (χ1) is 15.8. The Labute approximate surface area is 192 Å². The molecule has 1 aromatic heterocycles. The van der Waals surface area contributed by atoms with Gasteiger partial charge in [-0.15, -0.1) is 0 Å². The van der Waals surface area contributed by atoms with Crippen molar-refractivity contribution in [2.24, 2.45) is 4.99 Å². The second-order valence-corrected chi connectivity index (χ2v) is 9.11. The third-order valence-corrected chi connectivity index (χ3v) is 6.69. The lowest BCUT2D eigenvalue weighted by Gasteiger charge is -2.37. The number of piperazine rings is 1. The molecule has 3 fully saturated rings. The van der Waals surface area contributed by atoms with E-state index in [4.69, 9.17) is 14.1 Å². The highest BCUT2D eigenvalue weighted by Crippen LogP contribution is 2.13. The van der Waals surface area contributed by atoms with Crippen LogP contribution in [0.2, 0.25) is 0 Å². The topological polar surface area (TPSA) is 73.5 Å². The number of amides is 1. The third kappa shape index (κ3) is 6.97. The van der Waals surface area contributed by atoms with Gasteiger partial charge in [0.1, 0.15) is 5.76 Å². The minimum absolute atomic E-state index is 0.240. The number of ether oxygens (including phenoxy) is 1. The largest absolute Gasteiger partial charge is 0.469 e. The van der Waals surface area contributed by atoms with Crippen LogP contribution in [-0.2, 0) is 16.0 Å². The van der Waals surface area contributed by atoms with Crippen molar-refractivity contribution in [2.75, 3.05) is 65.5 Å². The lowest BCUT2D eigenvalue weighted by atomic mass is 10.2. The van der Waals surface area contributed by atoms with Gasteiger partial charge < -0.3 is 24.3 Å². The van der Waals surface area contributed by atoms with Gasteiger partial charge in [-0.05, 0) is 37.8 Å². The number of carbonyl (C=O) groups is 1. The van der Waals surface area contributed by atoms with Gasteiger partial charge in [-0.25, -0.2) is 0 Å². The molecule has 32 heavy (non-hydrogen) atoms. The highest BCUT2D eigenvalue weighted by atomic mass is 16.5. The fourth-order valence-electron chi connectivity index (χ4n) is 4.73. The van der Waals surface area contributed by atoms with E-state index in [2.05, 4.69) is 20.0 Å². The van der Waals surface area contributed by atoms with E-state index < -0.39 is 0 Å². The van der Waals surface area contributed by atoms with Crippen LogP contribution in [0, 0.1) is 0 Å². The number of hydrogen-bond donors (Lipinski definition) is 1. The van der Waals surface area contributed by atoms with Crippen LogP contribution in [0.4, 0.5) is 0 Å². The van der Waals surface area contributed by atoms with E-state index in [0.717, 1.165) is 96.2 Å². The number of likely N-dealkylation sites (tertiary alicyclic amines) is 1. The van der Waals surface area contributed by atoms with E-state index in [0.29, 0.717) is 19.0 Å². The normalized spacial score (nSPS) is 23.4. The highest BCUT2D eigenvalue weighted by molar-refractivity contribution is 5.80. The quantitative estimate of drug-likeness (QED) is 0.511. The van der Waals surface area contributed by atoms with E-state index >= 15 is 0 Å². The van der Waals surface area contributed by atoms with Gasteiger partial charge in [0.15, 0.2) is 5.96 Å². The predicted molar refractivity (Wildman–Crippen MR) is 125 cm³/mol. The Balaban J connectivity index is 1.26. The average molecular weight is 446 g/mol. The number of aliphatic imine (C=N–C) groups is 1. The molecule has 178 valence electrons. The van der Waals surface area contributed by atoms with Crippen LogP contribution < -0.4 is 5.32 Å². The molecule has 3 aliphatic rings. The molecule has 8 nitrogen and oxygen atoms in total. The Bertz CT molecular complexity index is 701. The molecule has 0 radical (unpaired) electrons. The van der Waals surface area contributed by atoms with Crippen LogP contribution in [-0.4, -0.2) is 98.2 Å². The van der Waals surface area contributed by atoms with Crippen LogP contribution >= 0.6 is 0 Å². The summed E-state index contributed by atoms with van der Waals surface area (Å²) in [4.78, 5) is 24.3. The monoisotopic (exact) mass is 445 g/mol. The first-order valence-corrected chi connectivity index (χ1v) is 12.5. The summed E-state index contributed by atoms with van der Waals surface area (Å²) in [7, 11) is 0. The number of guanidine groups is 1. The molecular formula is C24H39N5O3. The van der Waals surface area contributed by atoms with Gasteiger partial charge in [0.2, 0.25) is 5.91 Å². The van der Waals surface area contributed by atoms with E-state index in [1.807, 2.05) is 12.1 Å². The van der Waals surface area contributed by atoms with Crippen molar-refractivity contribution in [3.8, 4) is 0 Å². The average Bonchev–Trinajstić information content (AvgIpc) is 3.46. The van der Waals surface area contributed by atoms with Gasteiger partial charge in [-0.2, -0.15) is 0 Å². The number of carbonyl (C=O) groups excluding carboxylic acids is 1. The maximum atomic E-state index is 12.7. The summed E-state index contributed by atoms with van der Waals surface area (Å²) in [6.07, 6.45) is 9.81. The Kier molecular flexibility index (Phi) is 8.85. The first kappa shape index (κ1) is 23.1. The molecule has 1 atom stereocenters. The Hall–Kier alpha value is -2.06. The molecule has 1 unspecified atom stereocenters. The summed E-state index contributed by atoms with van der Waals surface area (Å²) in [6, 6.07) is 3.93. The summed E-state index contributed by atoms with van der Waals surface area (Å²) < 4.78 is 11.2. The van der Waals surface area contributed by atoms with Gasteiger partial charge in [-0.1, -0.05) is 12.8 Å². The predicted octanol–water partition coefficient (Wildman–Crippen LogP) is 1.97. The highest BCUT2D eigenvalue weighted by Gasteiger charge is 2.24. The van der Waals surface area contributed by atoms with Crippen molar-refractivity contribution >= 4 is 11.9 Å². The van der Waals surface area contributed by atoms with Crippen LogP contribution in [0.15, 0.2) is 27.8 Å². The van der Waals surface area contributed by atoms with Crippen molar-refractivity contribution in [3.63, 3.8) is 0 Å². The van der Waals surface area contributed by atoms with Gasteiger partial charge in [0, 0.05) is 58.8 Å². The van der Waals surface area contributed by atoms with Crippen LogP contribution in [0.1, 0.15) is 44.3 Å². The van der Waals surface area contributed by atoms with E-state index in [9.17, 15) is 4.79 Å². The van der Waals surface area contributed by atoms with Crippen LogP contribution in [0.5, 0.6) is 0 Å². The van der Waals surface area contributed by atoms with E-state index in [1.54, 1.807) is 6.26 Å². The number of nitrogens with zero attached hydrogens (tertiary/aromatic N) is 4. The lowest BCUT2D eigenvalue weighted by molar-refractivity contribution is -0.132. The minimum atomic E-state index is 0.240. The Morgan fingerprint density at radius 2 is 1.84 bits per heavy atom. The zero-order valence-electron chi connectivity index (χ0n) is 19.3. The van der Waals surface area contributed by atoms with Crippen LogP contribution in [0.3, 0.4) is 0 Å². The van der Waals surface area contributed by atoms with Crippen molar-refractivity contribution in [1.29, 1.82) is 0 Å². The molecule has 0 bridgehead atoms. The first-order valence-electron chi connectivity index (χ1n) is 12.5. The van der Waals surface area contributed by atoms with Crippen molar-refractivity contribution in [3.05, 3.63) is 24.2 Å². The summed E-state index contributed by atoms with van der Waals surface area (Å²) in [6.45, 7) is 8.28. The molecule has 3 saturated heterocycles. The molecule has 0 aliphatic carbocycles. The van der Waals surface area contributed by atoms with E-state index in [-0.39, 0.29) is 6.10 Å². The number of nitrogens with one attached hydrogen (secondary N) is 1. The van der Waals surface area contributed by atoms with Gasteiger partial charge in [0.05, 0.1) is 25.5 Å². The third-order valence-electron chi connectivity index (χ3n) is 6.69. The van der Waals surface area contributed by atoms with Gasteiger partial charge >= 0.3 is 0 Å². The smallest absolute Gasteiger partial charge is 0.236 e. The summed E-state index contributed by atoms with van der Waals surface area (Å²) in [5.74, 6) is 2.22. The fraction of sp³-hybridized carbons (Fsp3) is 0.750. The second kappa shape index (κ2) is 12.3. The van der Waals surface area contributed by atoms with Crippen LogP contribution in [0.25, 0.3) is 0 Å². The maximum absolute atomic E-state index is 12.7. The maximum Gasteiger partial charge on any atom is 0.236 e. The Morgan fingerprint density at radius 1 is 1.03 bits per heavy atom. The molecular weight excluding hydrogens is 406 g/mol. The molecule has 0 spiro atoms. The minimum Gasteiger partial charge on any atom is -0.469 e. The van der Waals surface area contributed by atoms with Crippen molar-refractivity contribution < 1.29 is 13.9 Å². The summed E-state index contributed by atoms with van der Waals surface area (Å²) in [5.41, 5.74) is 0. The molecule has 1 N–H and O–H groups in total. The number of rotatable bonds is 7.